The summed E-state index contributed by atoms with van der Waals surface area (Å²) in [5.41, 5.74) is 0.720. The maximum atomic E-state index is 14.1. The number of halogens is 4. The first-order valence-corrected chi connectivity index (χ1v) is 7.41. The summed E-state index contributed by atoms with van der Waals surface area (Å²) in [6.07, 6.45) is -2.20. The first kappa shape index (κ1) is 16.5. The summed E-state index contributed by atoms with van der Waals surface area (Å²) in [4.78, 5) is 20.5. The van der Waals surface area contributed by atoms with Crippen LogP contribution in [0.1, 0.15) is 28.8 Å². The Balaban J connectivity index is 1.84. The molecule has 0 saturated heterocycles. The maximum Gasteiger partial charge on any atom is 0.266 e. The van der Waals surface area contributed by atoms with Crippen LogP contribution in [0.3, 0.4) is 0 Å². The van der Waals surface area contributed by atoms with Crippen molar-refractivity contribution in [2.24, 2.45) is 0 Å². The monoisotopic (exact) mass is 356 g/mol. The van der Waals surface area contributed by atoms with E-state index in [0.717, 1.165) is 6.07 Å². The van der Waals surface area contributed by atoms with E-state index in [1.807, 2.05) is 0 Å². The number of hydrogen-bond donors (Lipinski definition) is 1. The van der Waals surface area contributed by atoms with Crippen LogP contribution in [0.2, 0.25) is 5.28 Å². The van der Waals surface area contributed by atoms with Crippen molar-refractivity contribution < 1.29 is 18.0 Å². The van der Waals surface area contributed by atoms with Gasteiger partial charge in [0.25, 0.3) is 6.43 Å². The molecule has 2 heterocycles. The zero-order chi connectivity index (χ0) is 17.3. The fourth-order valence-electron chi connectivity index (χ4n) is 2.55. The Bertz CT molecular complexity index is 788. The smallest absolute Gasteiger partial charge is 0.266 e. The number of rotatable bonds is 5. The van der Waals surface area contributed by atoms with Gasteiger partial charge in [0.1, 0.15) is 11.6 Å². The minimum atomic E-state index is -2.89. The second kappa shape index (κ2) is 6.64. The van der Waals surface area contributed by atoms with Crippen molar-refractivity contribution in [2.75, 3.05) is 5.32 Å². The zero-order valence-corrected chi connectivity index (χ0v) is 13.0. The average Bonchev–Trinajstić information content (AvgIpc) is 2.96. The minimum absolute atomic E-state index is 0.00852. The van der Waals surface area contributed by atoms with E-state index in [1.165, 1.54) is 17.0 Å². The Hall–Kier alpha value is -2.35. The van der Waals surface area contributed by atoms with Gasteiger partial charge < -0.3 is 10.2 Å². The SMILES string of the molecule is O=CN1Cc2nc(Cl)nc(NCc3cccc(C(F)F)c3F)c2C1. The maximum absolute atomic E-state index is 14.1. The molecule has 1 N–H and O–H groups in total. The molecule has 3 rings (SSSR count). The van der Waals surface area contributed by atoms with Crippen molar-refractivity contribution >= 4 is 23.8 Å². The Morgan fingerprint density at radius 3 is 2.83 bits per heavy atom. The summed E-state index contributed by atoms with van der Waals surface area (Å²) in [6.45, 7) is 0.566. The van der Waals surface area contributed by atoms with E-state index in [2.05, 4.69) is 15.3 Å². The van der Waals surface area contributed by atoms with Gasteiger partial charge in [-0.25, -0.2) is 23.1 Å². The molecule has 0 bridgehead atoms. The van der Waals surface area contributed by atoms with Gasteiger partial charge in [0.15, 0.2) is 0 Å². The summed E-state index contributed by atoms with van der Waals surface area (Å²) in [7, 11) is 0. The van der Waals surface area contributed by atoms with Crippen LogP contribution >= 0.6 is 11.6 Å². The molecule has 9 heteroatoms. The molecule has 0 spiro atoms. The third-order valence-corrected chi connectivity index (χ3v) is 3.89. The van der Waals surface area contributed by atoms with Crippen LogP contribution in [0.25, 0.3) is 0 Å². The highest BCUT2D eigenvalue weighted by molar-refractivity contribution is 6.28. The number of amides is 1. The Kier molecular flexibility index (Phi) is 4.57. The van der Waals surface area contributed by atoms with E-state index in [-0.39, 0.29) is 17.4 Å². The molecule has 0 radical (unpaired) electrons. The second-order valence-electron chi connectivity index (χ2n) is 5.25. The third kappa shape index (κ3) is 3.14. The lowest BCUT2D eigenvalue weighted by molar-refractivity contribution is -0.118. The molecule has 126 valence electrons. The molecule has 0 unspecified atom stereocenters. The number of nitrogens with one attached hydrogen (secondary N) is 1. The largest absolute Gasteiger partial charge is 0.365 e. The topological polar surface area (TPSA) is 58.1 Å². The van der Waals surface area contributed by atoms with Crippen LogP contribution in [0, 0.1) is 5.82 Å². The van der Waals surface area contributed by atoms with E-state index in [9.17, 15) is 18.0 Å². The lowest BCUT2D eigenvalue weighted by Crippen LogP contribution is -2.13. The van der Waals surface area contributed by atoms with Crippen LogP contribution in [0.5, 0.6) is 0 Å². The molecule has 1 aliphatic rings. The molecule has 1 amide bonds. The quantitative estimate of drug-likeness (QED) is 0.659. The van der Waals surface area contributed by atoms with Crippen molar-refractivity contribution in [3.63, 3.8) is 0 Å². The summed E-state index contributed by atoms with van der Waals surface area (Å²) in [6, 6.07) is 3.83. The Morgan fingerprint density at radius 2 is 2.12 bits per heavy atom. The van der Waals surface area contributed by atoms with Gasteiger partial charge in [0.05, 0.1) is 24.3 Å². The Labute approximate surface area is 140 Å². The number of carbonyl (C=O) groups excluding carboxylic acids is 1. The summed E-state index contributed by atoms with van der Waals surface area (Å²) >= 11 is 5.86. The van der Waals surface area contributed by atoms with Crippen molar-refractivity contribution in [1.82, 2.24) is 14.9 Å². The predicted octanol–water partition coefficient (Wildman–Crippen LogP) is 3.29. The second-order valence-corrected chi connectivity index (χ2v) is 5.59. The van der Waals surface area contributed by atoms with Gasteiger partial charge in [0, 0.05) is 17.7 Å². The van der Waals surface area contributed by atoms with Crippen molar-refractivity contribution in [3.05, 3.63) is 51.7 Å². The van der Waals surface area contributed by atoms with E-state index < -0.39 is 17.8 Å². The third-order valence-electron chi connectivity index (χ3n) is 3.72. The van der Waals surface area contributed by atoms with Gasteiger partial charge in [-0.1, -0.05) is 18.2 Å². The molecule has 24 heavy (non-hydrogen) atoms. The lowest BCUT2D eigenvalue weighted by Gasteiger charge is -2.12. The van der Waals surface area contributed by atoms with Crippen LogP contribution < -0.4 is 5.32 Å². The van der Waals surface area contributed by atoms with E-state index >= 15 is 0 Å². The standard InChI is InChI=1S/C15H12ClF3N4O/c16-15-21-11-6-23(7-24)5-10(11)14(22-15)20-4-8-2-1-3-9(12(8)17)13(18)19/h1-3,7,13H,4-6H2,(H,20,21,22). The van der Waals surface area contributed by atoms with Gasteiger partial charge >= 0.3 is 0 Å². The Morgan fingerprint density at radius 1 is 1.33 bits per heavy atom. The van der Waals surface area contributed by atoms with Crippen LogP contribution in [-0.4, -0.2) is 21.3 Å². The number of nitrogens with zero attached hydrogens (tertiary/aromatic N) is 3. The molecular formula is C15H12ClF3N4O. The fourth-order valence-corrected chi connectivity index (χ4v) is 2.74. The molecular weight excluding hydrogens is 345 g/mol. The molecule has 5 nitrogen and oxygen atoms in total. The van der Waals surface area contributed by atoms with E-state index in [4.69, 9.17) is 11.6 Å². The first-order valence-electron chi connectivity index (χ1n) is 7.03. The molecule has 0 saturated carbocycles. The van der Waals surface area contributed by atoms with Crippen molar-refractivity contribution in [2.45, 2.75) is 26.1 Å². The van der Waals surface area contributed by atoms with E-state index in [0.29, 0.717) is 36.6 Å². The van der Waals surface area contributed by atoms with Crippen molar-refractivity contribution in [3.8, 4) is 0 Å². The molecule has 2 aromatic rings. The molecule has 0 fully saturated rings. The number of alkyl halides is 2. The predicted molar refractivity (Wildman–Crippen MR) is 81.0 cm³/mol. The minimum Gasteiger partial charge on any atom is -0.365 e. The molecule has 0 atom stereocenters. The molecule has 1 aromatic heterocycles. The van der Waals surface area contributed by atoms with Crippen molar-refractivity contribution in [1.29, 1.82) is 0 Å². The number of benzene rings is 1. The van der Waals surface area contributed by atoms with Gasteiger partial charge in [-0.3, -0.25) is 4.79 Å². The summed E-state index contributed by atoms with van der Waals surface area (Å²) in [5.74, 6) is -0.595. The lowest BCUT2D eigenvalue weighted by atomic mass is 10.1. The van der Waals surface area contributed by atoms with Crippen LogP contribution in [0.15, 0.2) is 18.2 Å². The number of aromatic nitrogens is 2. The van der Waals surface area contributed by atoms with Gasteiger partial charge in [-0.2, -0.15) is 0 Å². The number of hydrogen-bond acceptors (Lipinski definition) is 4. The highest BCUT2D eigenvalue weighted by Gasteiger charge is 2.24. The fraction of sp³-hybridized carbons (Fsp3) is 0.267. The highest BCUT2D eigenvalue weighted by Crippen LogP contribution is 2.28. The van der Waals surface area contributed by atoms with Crippen LogP contribution in [0.4, 0.5) is 19.0 Å². The first-order chi connectivity index (χ1) is 11.5. The van der Waals surface area contributed by atoms with E-state index in [1.54, 1.807) is 0 Å². The molecule has 1 aliphatic heterocycles. The summed E-state index contributed by atoms with van der Waals surface area (Å²) in [5, 5.41) is 2.88. The highest BCUT2D eigenvalue weighted by atomic mass is 35.5. The number of carbonyl (C=O) groups is 1. The zero-order valence-electron chi connectivity index (χ0n) is 12.3. The average molecular weight is 357 g/mol. The number of anilines is 1. The van der Waals surface area contributed by atoms with Gasteiger partial charge in [-0.15, -0.1) is 0 Å². The van der Waals surface area contributed by atoms with Crippen LogP contribution in [-0.2, 0) is 24.4 Å². The normalized spacial score (nSPS) is 13.3. The number of fused-ring (bicyclic) bond motifs is 1. The summed E-state index contributed by atoms with van der Waals surface area (Å²) < 4.78 is 39.6. The molecule has 1 aromatic carbocycles. The molecule has 0 aliphatic carbocycles. The van der Waals surface area contributed by atoms with Gasteiger partial charge in [0.2, 0.25) is 11.7 Å². The van der Waals surface area contributed by atoms with Gasteiger partial charge in [-0.05, 0) is 11.6 Å².